The lowest BCUT2D eigenvalue weighted by Gasteiger charge is -2.09. The minimum atomic E-state index is -0.768. The largest absolute Gasteiger partial charge is 0.493 e. The van der Waals surface area contributed by atoms with Crippen LogP contribution in [0.15, 0.2) is 23.1 Å². The summed E-state index contributed by atoms with van der Waals surface area (Å²) in [6.45, 7) is 3.30. The third kappa shape index (κ3) is 2.62. The Hall–Kier alpha value is -2.41. The number of amides is 1. The molecule has 2 heterocycles. The maximum absolute atomic E-state index is 12.2. The SMILES string of the molecule is Cc1ccn2c(=O)c(C(=O)NCC(C)O)c(O)nc2c1. The number of pyridine rings is 1. The molecule has 1 amide bonds. The van der Waals surface area contributed by atoms with Gasteiger partial charge in [0.1, 0.15) is 5.65 Å². The van der Waals surface area contributed by atoms with Crippen LogP contribution in [0.2, 0.25) is 0 Å². The van der Waals surface area contributed by atoms with Crippen molar-refractivity contribution >= 4 is 11.6 Å². The lowest BCUT2D eigenvalue weighted by Crippen LogP contribution is -2.35. The molecule has 20 heavy (non-hydrogen) atoms. The van der Waals surface area contributed by atoms with Crippen LogP contribution in [0.1, 0.15) is 22.8 Å². The zero-order valence-corrected chi connectivity index (χ0v) is 11.1. The number of hydrogen-bond donors (Lipinski definition) is 3. The van der Waals surface area contributed by atoms with Crippen molar-refractivity contribution in [2.75, 3.05) is 6.54 Å². The Bertz CT molecular complexity index is 721. The summed E-state index contributed by atoms with van der Waals surface area (Å²) in [6, 6.07) is 3.32. The van der Waals surface area contributed by atoms with Gasteiger partial charge in [-0.05, 0) is 31.5 Å². The standard InChI is InChI=1S/C13H15N3O4/c1-7-3-4-16-9(5-7)15-12(19)10(13(16)20)11(18)14-6-8(2)17/h3-5,8,17,19H,6H2,1-2H3,(H,14,18). The Morgan fingerprint density at radius 2 is 2.25 bits per heavy atom. The molecule has 2 rings (SSSR count). The highest BCUT2D eigenvalue weighted by Crippen LogP contribution is 2.12. The first-order chi connectivity index (χ1) is 9.40. The molecule has 2 aromatic rings. The van der Waals surface area contributed by atoms with Gasteiger partial charge in [-0.25, -0.2) is 0 Å². The van der Waals surface area contributed by atoms with Crippen LogP contribution in [0.4, 0.5) is 0 Å². The van der Waals surface area contributed by atoms with Crippen LogP contribution in [0.5, 0.6) is 5.88 Å². The summed E-state index contributed by atoms with van der Waals surface area (Å²) in [7, 11) is 0. The highest BCUT2D eigenvalue weighted by molar-refractivity contribution is 5.96. The number of rotatable bonds is 3. The van der Waals surface area contributed by atoms with Crippen LogP contribution in [0, 0.1) is 6.92 Å². The Labute approximate surface area is 114 Å². The van der Waals surface area contributed by atoms with Gasteiger partial charge in [-0.1, -0.05) is 0 Å². The normalized spacial score (nSPS) is 12.3. The molecule has 7 nitrogen and oxygen atoms in total. The molecule has 0 aliphatic heterocycles. The smallest absolute Gasteiger partial charge is 0.274 e. The molecular formula is C13H15N3O4. The van der Waals surface area contributed by atoms with Crippen molar-refractivity contribution in [2.45, 2.75) is 20.0 Å². The molecule has 2 aromatic heterocycles. The number of aliphatic hydroxyl groups is 1. The molecule has 0 aromatic carbocycles. The lowest BCUT2D eigenvalue weighted by molar-refractivity contribution is 0.0919. The average molecular weight is 277 g/mol. The molecular weight excluding hydrogens is 262 g/mol. The van der Waals surface area contributed by atoms with Crippen LogP contribution >= 0.6 is 0 Å². The van der Waals surface area contributed by atoms with Crippen molar-refractivity contribution < 1.29 is 15.0 Å². The van der Waals surface area contributed by atoms with E-state index in [1.165, 1.54) is 17.5 Å². The third-order valence-corrected chi connectivity index (χ3v) is 2.75. The number of hydrogen-bond acceptors (Lipinski definition) is 5. The monoisotopic (exact) mass is 277 g/mol. The number of aromatic nitrogens is 2. The van der Waals surface area contributed by atoms with Crippen molar-refractivity contribution in [1.29, 1.82) is 0 Å². The van der Waals surface area contributed by atoms with E-state index in [1.54, 1.807) is 12.1 Å². The Balaban J connectivity index is 2.52. The topological polar surface area (TPSA) is 104 Å². The van der Waals surface area contributed by atoms with Gasteiger partial charge in [0, 0.05) is 12.7 Å². The second-order valence-electron chi connectivity index (χ2n) is 4.61. The molecule has 0 fully saturated rings. The van der Waals surface area contributed by atoms with Gasteiger partial charge < -0.3 is 15.5 Å². The molecule has 1 atom stereocenters. The Morgan fingerprint density at radius 3 is 2.90 bits per heavy atom. The van der Waals surface area contributed by atoms with Crippen LogP contribution in [0.3, 0.4) is 0 Å². The second kappa shape index (κ2) is 5.30. The first-order valence-electron chi connectivity index (χ1n) is 6.08. The lowest BCUT2D eigenvalue weighted by atomic mass is 10.2. The minimum Gasteiger partial charge on any atom is -0.493 e. The third-order valence-electron chi connectivity index (χ3n) is 2.75. The fourth-order valence-corrected chi connectivity index (χ4v) is 1.76. The van der Waals surface area contributed by atoms with Gasteiger partial charge in [0.05, 0.1) is 6.10 Å². The fraction of sp³-hybridized carbons (Fsp3) is 0.308. The Morgan fingerprint density at radius 1 is 1.55 bits per heavy atom. The van der Waals surface area contributed by atoms with Crippen LogP contribution in [0.25, 0.3) is 5.65 Å². The number of carbonyl (C=O) groups excluding carboxylic acids is 1. The van der Waals surface area contributed by atoms with Gasteiger partial charge >= 0.3 is 0 Å². The predicted octanol–water partition coefficient (Wildman–Crippen LogP) is -0.181. The van der Waals surface area contributed by atoms with Crippen molar-refractivity contribution in [3.05, 3.63) is 39.8 Å². The summed E-state index contributed by atoms with van der Waals surface area (Å²) in [5.41, 5.74) is 0.0461. The van der Waals surface area contributed by atoms with Gasteiger partial charge in [-0.2, -0.15) is 4.98 Å². The quantitative estimate of drug-likeness (QED) is 0.722. The van der Waals surface area contributed by atoms with E-state index in [1.807, 2.05) is 6.92 Å². The number of nitrogens with zero attached hydrogens (tertiary/aromatic N) is 2. The molecule has 0 aliphatic carbocycles. The van der Waals surface area contributed by atoms with E-state index in [2.05, 4.69) is 10.3 Å². The number of aryl methyl sites for hydroxylation is 1. The summed E-state index contributed by atoms with van der Waals surface area (Å²) < 4.78 is 1.18. The van der Waals surface area contributed by atoms with E-state index < -0.39 is 29.0 Å². The van der Waals surface area contributed by atoms with E-state index in [0.29, 0.717) is 0 Å². The summed E-state index contributed by atoms with van der Waals surface area (Å²) >= 11 is 0. The minimum absolute atomic E-state index is 0.0195. The molecule has 0 aliphatic rings. The van der Waals surface area contributed by atoms with E-state index >= 15 is 0 Å². The highest BCUT2D eigenvalue weighted by atomic mass is 16.3. The summed E-state index contributed by atoms with van der Waals surface area (Å²) in [6.07, 6.45) is 0.741. The number of fused-ring (bicyclic) bond motifs is 1. The van der Waals surface area contributed by atoms with Gasteiger partial charge in [0.25, 0.3) is 11.5 Å². The number of nitrogens with one attached hydrogen (secondary N) is 1. The van der Waals surface area contributed by atoms with E-state index in [0.717, 1.165) is 5.56 Å². The molecule has 106 valence electrons. The van der Waals surface area contributed by atoms with Crippen LogP contribution in [-0.4, -0.2) is 38.2 Å². The van der Waals surface area contributed by atoms with E-state index in [-0.39, 0.29) is 12.2 Å². The first kappa shape index (κ1) is 14.0. The maximum atomic E-state index is 12.2. The van der Waals surface area contributed by atoms with Gasteiger partial charge in [0.2, 0.25) is 5.88 Å². The van der Waals surface area contributed by atoms with Crippen molar-refractivity contribution in [3.63, 3.8) is 0 Å². The molecule has 1 unspecified atom stereocenters. The molecule has 0 bridgehead atoms. The highest BCUT2D eigenvalue weighted by Gasteiger charge is 2.19. The number of carbonyl (C=O) groups is 1. The molecule has 7 heteroatoms. The number of aliphatic hydroxyl groups excluding tert-OH is 1. The van der Waals surface area contributed by atoms with E-state index in [9.17, 15) is 14.7 Å². The number of aromatic hydroxyl groups is 1. The molecule has 3 N–H and O–H groups in total. The van der Waals surface area contributed by atoms with Crippen LogP contribution in [-0.2, 0) is 0 Å². The fourth-order valence-electron chi connectivity index (χ4n) is 1.76. The predicted molar refractivity (Wildman–Crippen MR) is 71.9 cm³/mol. The zero-order valence-electron chi connectivity index (χ0n) is 11.1. The summed E-state index contributed by atoms with van der Waals surface area (Å²) in [5, 5.41) is 21.2. The van der Waals surface area contributed by atoms with Gasteiger partial charge in [0.15, 0.2) is 5.56 Å². The van der Waals surface area contributed by atoms with Crippen molar-refractivity contribution in [2.24, 2.45) is 0 Å². The van der Waals surface area contributed by atoms with E-state index in [4.69, 9.17) is 5.11 Å². The molecule has 0 radical (unpaired) electrons. The second-order valence-corrected chi connectivity index (χ2v) is 4.61. The Kier molecular flexibility index (Phi) is 3.71. The zero-order chi connectivity index (χ0) is 14.9. The van der Waals surface area contributed by atoms with Crippen molar-refractivity contribution in [3.8, 4) is 5.88 Å². The average Bonchev–Trinajstić information content (AvgIpc) is 2.35. The molecule has 0 spiro atoms. The first-order valence-corrected chi connectivity index (χ1v) is 6.08. The molecule has 0 saturated heterocycles. The summed E-state index contributed by atoms with van der Waals surface area (Å²) in [4.78, 5) is 27.9. The maximum Gasteiger partial charge on any atom is 0.274 e. The van der Waals surface area contributed by atoms with Gasteiger partial charge in [-0.15, -0.1) is 0 Å². The van der Waals surface area contributed by atoms with Crippen LogP contribution < -0.4 is 10.9 Å². The summed E-state index contributed by atoms with van der Waals surface area (Å²) in [5.74, 6) is -1.39. The molecule has 0 saturated carbocycles. The van der Waals surface area contributed by atoms with Crippen molar-refractivity contribution in [1.82, 2.24) is 14.7 Å². The van der Waals surface area contributed by atoms with Gasteiger partial charge in [-0.3, -0.25) is 14.0 Å².